The van der Waals surface area contributed by atoms with E-state index in [1.54, 1.807) is 12.2 Å². The summed E-state index contributed by atoms with van der Waals surface area (Å²) in [5, 5.41) is 9.11. The van der Waals surface area contributed by atoms with E-state index >= 15 is 0 Å². The zero-order chi connectivity index (χ0) is 23.3. The topological polar surface area (TPSA) is 66.3 Å². The van der Waals surface area contributed by atoms with Crippen molar-refractivity contribution >= 4 is 11.9 Å². The van der Waals surface area contributed by atoms with Crippen LogP contribution in [0.25, 0.3) is 0 Å². The molecular formula is C21H19F6N3O2. The monoisotopic (exact) mass is 459 g/mol. The first kappa shape index (κ1) is 22.3. The molecule has 1 aliphatic heterocycles. The van der Waals surface area contributed by atoms with Gasteiger partial charge in [-0.05, 0) is 37.0 Å². The first-order valence-electron chi connectivity index (χ1n) is 10.0. The number of nitrogens with zero attached hydrogens (tertiary/aromatic N) is 3. The third kappa shape index (κ3) is 4.37. The predicted molar refractivity (Wildman–Crippen MR) is 102 cm³/mol. The quantitative estimate of drug-likeness (QED) is 0.643. The third-order valence-electron chi connectivity index (χ3n) is 6.25. The highest BCUT2D eigenvalue weighted by Crippen LogP contribution is 2.48. The summed E-state index contributed by atoms with van der Waals surface area (Å²) in [7, 11) is 0. The molecule has 2 aliphatic carbocycles. The lowest BCUT2D eigenvalue weighted by molar-refractivity contribution is -0.141. The Bertz CT molecular complexity index is 998. The second-order valence-electron chi connectivity index (χ2n) is 8.26. The van der Waals surface area contributed by atoms with Crippen molar-refractivity contribution in [2.45, 2.75) is 31.6 Å². The smallest absolute Gasteiger partial charge is 0.433 e. The minimum Gasteiger partial charge on any atom is -0.477 e. The van der Waals surface area contributed by atoms with Crippen LogP contribution in [0.15, 0.2) is 41.5 Å². The van der Waals surface area contributed by atoms with E-state index in [1.807, 2.05) is 0 Å². The van der Waals surface area contributed by atoms with Gasteiger partial charge in [0, 0.05) is 19.2 Å². The Labute approximate surface area is 179 Å². The Kier molecular flexibility index (Phi) is 5.54. The number of carboxylic acid groups (broad SMARTS) is 1. The molecule has 3 atom stereocenters. The Morgan fingerprint density at radius 3 is 2.22 bits per heavy atom. The van der Waals surface area contributed by atoms with Crippen LogP contribution in [0, 0.1) is 17.8 Å². The third-order valence-corrected chi connectivity index (χ3v) is 6.25. The highest BCUT2D eigenvalue weighted by atomic mass is 19.4. The first-order chi connectivity index (χ1) is 14.9. The van der Waals surface area contributed by atoms with E-state index in [0.29, 0.717) is 24.5 Å². The molecule has 1 unspecified atom stereocenters. The molecule has 1 aromatic rings. The second kappa shape index (κ2) is 7.93. The maximum Gasteiger partial charge on any atom is 0.433 e. The fraction of sp³-hybridized carbons (Fsp3) is 0.476. The minimum absolute atomic E-state index is 0.0374. The number of halogens is 6. The Balaban J connectivity index is 1.55. The van der Waals surface area contributed by atoms with Gasteiger partial charge in [0.05, 0.1) is 5.57 Å². The van der Waals surface area contributed by atoms with E-state index in [-0.39, 0.29) is 43.2 Å². The molecule has 1 N–H and O–H groups in total. The largest absolute Gasteiger partial charge is 0.477 e. The summed E-state index contributed by atoms with van der Waals surface area (Å²) in [6.45, 7) is 0.531. The van der Waals surface area contributed by atoms with Crippen LogP contribution in [0.1, 0.15) is 35.4 Å². The number of carbonyl (C=O) groups is 1. The van der Waals surface area contributed by atoms with Crippen molar-refractivity contribution < 1.29 is 36.2 Å². The zero-order valence-electron chi connectivity index (χ0n) is 16.6. The summed E-state index contributed by atoms with van der Waals surface area (Å²) >= 11 is 0. The van der Waals surface area contributed by atoms with Crippen molar-refractivity contribution in [3.8, 4) is 0 Å². The summed E-state index contributed by atoms with van der Waals surface area (Å²) < 4.78 is 80.0. The van der Waals surface area contributed by atoms with E-state index in [4.69, 9.17) is 5.11 Å². The van der Waals surface area contributed by atoms with Crippen LogP contribution in [0.2, 0.25) is 0 Å². The molecule has 0 spiro atoms. The summed E-state index contributed by atoms with van der Waals surface area (Å²) in [6.07, 6.45) is -2.40. The molecule has 0 aromatic carbocycles. The summed E-state index contributed by atoms with van der Waals surface area (Å²) in [4.78, 5) is 20.0. The number of aromatic nitrogens is 2. The van der Waals surface area contributed by atoms with E-state index in [9.17, 15) is 31.1 Å². The molecule has 3 aliphatic rings. The van der Waals surface area contributed by atoms with Gasteiger partial charge in [0.2, 0.25) is 5.95 Å². The van der Waals surface area contributed by atoms with Gasteiger partial charge in [-0.3, -0.25) is 0 Å². The second-order valence-corrected chi connectivity index (χ2v) is 8.26. The van der Waals surface area contributed by atoms with Crippen molar-refractivity contribution in [1.29, 1.82) is 0 Å². The molecular weight excluding hydrogens is 440 g/mol. The van der Waals surface area contributed by atoms with Gasteiger partial charge in [-0.2, -0.15) is 26.3 Å². The van der Waals surface area contributed by atoms with Gasteiger partial charge < -0.3 is 10.0 Å². The fourth-order valence-corrected chi connectivity index (χ4v) is 4.88. The van der Waals surface area contributed by atoms with Gasteiger partial charge in [0.15, 0.2) is 11.4 Å². The van der Waals surface area contributed by atoms with Crippen molar-refractivity contribution in [1.82, 2.24) is 9.97 Å². The average Bonchev–Trinajstić information content (AvgIpc) is 3.15. The number of hydrogen-bond donors (Lipinski definition) is 1. The van der Waals surface area contributed by atoms with E-state index in [0.717, 1.165) is 6.08 Å². The van der Waals surface area contributed by atoms with Crippen LogP contribution in [0.3, 0.4) is 0 Å². The average molecular weight is 459 g/mol. The maximum absolute atomic E-state index is 13.5. The van der Waals surface area contributed by atoms with Gasteiger partial charge in [-0.25, -0.2) is 14.8 Å². The van der Waals surface area contributed by atoms with Crippen molar-refractivity contribution in [3.63, 3.8) is 0 Å². The number of allylic oxidation sites excluding steroid dienone is 6. The molecule has 11 heteroatoms. The molecule has 0 amide bonds. The highest BCUT2D eigenvalue weighted by molar-refractivity contribution is 5.85. The lowest BCUT2D eigenvalue weighted by Gasteiger charge is -2.23. The molecule has 0 bridgehead atoms. The van der Waals surface area contributed by atoms with E-state index in [1.165, 1.54) is 11.0 Å². The standard InChI is InChI=1S/C21H19F6N3O2/c22-20(23,24)15-5-3-1-2-4-14(15)11-6-12-9-30(10-13(12)7-11)19-28-16(18(31)32)8-17(29-19)21(25,26)27/h1-3,5,8,11-13H,4,6-7,9-10H2,(H,31,32)/t11?,12-,13+. The maximum atomic E-state index is 13.5. The summed E-state index contributed by atoms with van der Waals surface area (Å²) in [6, 6.07) is 0.386. The Morgan fingerprint density at radius 1 is 1.00 bits per heavy atom. The first-order valence-corrected chi connectivity index (χ1v) is 10.0. The summed E-state index contributed by atoms with van der Waals surface area (Å²) in [5.41, 5.74) is -2.38. The SMILES string of the molecule is O=C(O)c1cc(C(F)(F)F)nc(N2C[C@H]3CC(C4=C(C(F)(F)F)C=CC=CC4)C[C@H]3C2)n1. The number of aromatic carboxylic acids is 1. The fourth-order valence-electron chi connectivity index (χ4n) is 4.88. The molecule has 172 valence electrons. The highest BCUT2D eigenvalue weighted by Gasteiger charge is 2.45. The molecule has 1 saturated carbocycles. The van der Waals surface area contributed by atoms with Crippen LogP contribution in [-0.4, -0.2) is 40.3 Å². The molecule has 32 heavy (non-hydrogen) atoms. The molecule has 0 radical (unpaired) electrons. The number of alkyl halides is 6. The van der Waals surface area contributed by atoms with Gasteiger partial charge in [-0.1, -0.05) is 29.9 Å². The minimum atomic E-state index is -4.83. The van der Waals surface area contributed by atoms with Crippen LogP contribution < -0.4 is 4.90 Å². The lowest BCUT2D eigenvalue weighted by atomic mass is 9.89. The number of hydrogen-bond acceptors (Lipinski definition) is 4. The number of carboxylic acids is 1. The Hall–Kier alpha value is -2.85. The van der Waals surface area contributed by atoms with Crippen molar-refractivity contribution in [2.75, 3.05) is 18.0 Å². The normalized spacial score (nSPS) is 25.9. The van der Waals surface area contributed by atoms with Gasteiger partial charge in [0.1, 0.15) is 0 Å². The van der Waals surface area contributed by atoms with Crippen LogP contribution >= 0.6 is 0 Å². The van der Waals surface area contributed by atoms with Gasteiger partial charge in [-0.15, -0.1) is 0 Å². The molecule has 2 heterocycles. The molecule has 1 aromatic heterocycles. The molecule has 1 saturated heterocycles. The van der Waals surface area contributed by atoms with Gasteiger partial charge in [0.25, 0.3) is 0 Å². The number of anilines is 1. The number of rotatable bonds is 3. The van der Waals surface area contributed by atoms with E-state index < -0.39 is 35.3 Å². The molecule has 4 rings (SSSR count). The molecule has 5 nitrogen and oxygen atoms in total. The van der Waals surface area contributed by atoms with E-state index in [2.05, 4.69) is 9.97 Å². The number of fused-ring (bicyclic) bond motifs is 1. The predicted octanol–water partition coefficient (Wildman–Crippen LogP) is 5.03. The Morgan fingerprint density at radius 2 is 1.66 bits per heavy atom. The van der Waals surface area contributed by atoms with Crippen LogP contribution in [-0.2, 0) is 6.18 Å². The molecule has 2 fully saturated rings. The lowest BCUT2D eigenvalue weighted by Crippen LogP contribution is -2.26. The van der Waals surface area contributed by atoms with Crippen LogP contribution in [0.4, 0.5) is 32.3 Å². The van der Waals surface area contributed by atoms with Crippen molar-refractivity contribution in [2.24, 2.45) is 17.8 Å². The van der Waals surface area contributed by atoms with Crippen molar-refractivity contribution in [3.05, 3.63) is 52.9 Å². The summed E-state index contributed by atoms with van der Waals surface area (Å²) in [5.74, 6) is -2.26. The van der Waals surface area contributed by atoms with Crippen LogP contribution in [0.5, 0.6) is 0 Å². The van der Waals surface area contributed by atoms with Gasteiger partial charge >= 0.3 is 18.3 Å². The zero-order valence-corrected chi connectivity index (χ0v) is 16.6.